The summed E-state index contributed by atoms with van der Waals surface area (Å²) in [5.41, 5.74) is -0.812. The van der Waals surface area contributed by atoms with Crippen molar-refractivity contribution in [3.63, 3.8) is 0 Å². The summed E-state index contributed by atoms with van der Waals surface area (Å²) in [7, 11) is 0. The van der Waals surface area contributed by atoms with Gasteiger partial charge < -0.3 is 15.1 Å². The monoisotopic (exact) mass is 385 g/mol. The number of anilines is 1. The average molecular weight is 385 g/mol. The van der Waals surface area contributed by atoms with E-state index in [1.807, 2.05) is 25.1 Å². The first-order valence-corrected chi connectivity index (χ1v) is 10.1. The number of piperazine rings is 1. The van der Waals surface area contributed by atoms with E-state index in [0.29, 0.717) is 32.6 Å². The van der Waals surface area contributed by atoms with Crippen molar-refractivity contribution in [2.75, 3.05) is 37.6 Å². The van der Waals surface area contributed by atoms with Crippen molar-refractivity contribution < 1.29 is 14.4 Å². The molecule has 28 heavy (non-hydrogen) atoms. The third-order valence-corrected chi connectivity index (χ3v) is 6.40. The van der Waals surface area contributed by atoms with Gasteiger partial charge in [0.15, 0.2) is 0 Å². The number of pyridine rings is 1. The predicted octanol–water partition coefficient (Wildman–Crippen LogP) is 1.23. The number of carbonyl (C=O) groups excluding carboxylic acids is 3. The van der Waals surface area contributed by atoms with Crippen LogP contribution in [0.3, 0.4) is 0 Å². The topological polar surface area (TPSA) is 85.8 Å². The average Bonchev–Trinajstić information content (AvgIpc) is 2.96. The number of nitrogens with zero attached hydrogens (tertiary/aromatic N) is 4. The minimum Gasteiger partial charge on any atom is -0.353 e. The van der Waals surface area contributed by atoms with Crippen molar-refractivity contribution in [3.05, 3.63) is 24.4 Å². The molecule has 0 bridgehead atoms. The van der Waals surface area contributed by atoms with Crippen LogP contribution in [-0.4, -0.2) is 70.9 Å². The van der Waals surface area contributed by atoms with E-state index < -0.39 is 11.6 Å². The highest BCUT2D eigenvalue weighted by Gasteiger charge is 2.55. The van der Waals surface area contributed by atoms with Crippen LogP contribution in [0.5, 0.6) is 0 Å². The Hall–Kier alpha value is -2.64. The quantitative estimate of drug-likeness (QED) is 0.791. The van der Waals surface area contributed by atoms with Crippen LogP contribution < -0.4 is 10.2 Å². The van der Waals surface area contributed by atoms with E-state index >= 15 is 0 Å². The molecule has 1 saturated carbocycles. The van der Waals surface area contributed by atoms with Crippen molar-refractivity contribution in [2.24, 2.45) is 5.92 Å². The summed E-state index contributed by atoms with van der Waals surface area (Å²) in [6, 6.07) is 5.34. The molecule has 0 unspecified atom stereocenters. The third-order valence-electron chi connectivity index (χ3n) is 6.40. The van der Waals surface area contributed by atoms with Gasteiger partial charge in [-0.15, -0.1) is 0 Å². The van der Waals surface area contributed by atoms with Crippen molar-refractivity contribution in [1.82, 2.24) is 20.1 Å². The molecule has 2 atom stereocenters. The molecule has 0 aromatic carbocycles. The van der Waals surface area contributed by atoms with Crippen LogP contribution in [0.4, 0.5) is 10.6 Å². The van der Waals surface area contributed by atoms with E-state index in [0.717, 1.165) is 30.0 Å². The van der Waals surface area contributed by atoms with Gasteiger partial charge in [-0.1, -0.05) is 25.8 Å². The van der Waals surface area contributed by atoms with E-state index in [4.69, 9.17) is 0 Å². The Kier molecular flexibility index (Phi) is 4.95. The molecular formula is C20H27N5O3. The Labute approximate surface area is 164 Å². The van der Waals surface area contributed by atoms with Crippen molar-refractivity contribution >= 4 is 23.7 Å². The van der Waals surface area contributed by atoms with E-state index in [2.05, 4.69) is 15.2 Å². The minimum atomic E-state index is -0.812. The number of amides is 4. The lowest BCUT2D eigenvalue weighted by atomic mass is 9.73. The van der Waals surface area contributed by atoms with Crippen molar-refractivity contribution in [2.45, 2.75) is 38.1 Å². The Balaban J connectivity index is 1.36. The molecule has 2 aliphatic heterocycles. The third kappa shape index (κ3) is 3.21. The number of rotatable bonds is 3. The molecule has 4 amide bonds. The van der Waals surface area contributed by atoms with E-state index in [-0.39, 0.29) is 24.3 Å². The van der Waals surface area contributed by atoms with Gasteiger partial charge in [0, 0.05) is 32.4 Å². The molecular weight excluding hydrogens is 358 g/mol. The maximum Gasteiger partial charge on any atom is 0.325 e. The number of hydrogen-bond acceptors (Lipinski definition) is 5. The first-order chi connectivity index (χ1) is 13.5. The molecule has 4 rings (SSSR count). The largest absolute Gasteiger partial charge is 0.353 e. The fraction of sp³-hybridized carbons (Fsp3) is 0.600. The summed E-state index contributed by atoms with van der Waals surface area (Å²) in [4.78, 5) is 47.6. The summed E-state index contributed by atoms with van der Waals surface area (Å²) >= 11 is 0. The first kappa shape index (κ1) is 18.7. The summed E-state index contributed by atoms with van der Waals surface area (Å²) in [6.07, 6.45) is 5.33. The van der Waals surface area contributed by atoms with Crippen LogP contribution in [0, 0.1) is 5.92 Å². The molecule has 3 heterocycles. The summed E-state index contributed by atoms with van der Waals surface area (Å²) < 4.78 is 0. The number of urea groups is 1. The van der Waals surface area contributed by atoms with Crippen molar-refractivity contribution in [3.8, 4) is 0 Å². The lowest BCUT2D eigenvalue weighted by molar-refractivity contribution is -0.140. The summed E-state index contributed by atoms with van der Waals surface area (Å²) in [5, 5.41) is 2.91. The Bertz CT molecular complexity index is 762. The number of imide groups is 1. The fourth-order valence-electron chi connectivity index (χ4n) is 4.60. The van der Waals surface area contributed by atoms with Crippen LogP contribution >= 0.6 is 0 Å². The molecule has 0 radical (unpaired) electrons. The number of nitrogens with one attached hydrogen (secondary N) is 1. The van der Waals surface area contributed by atoms with Gasteiger partial charge in [-0.05, 0) is 30.9 Å². The van der Waals surface area contributed by atoms with Crippen LogP contribution in [0.1, 0.15) is 32.6 Å². The van der Waals surface area contributed by atoms with Gasteiger partial charge in [0.05, 0.1) is 0 Å². The predicted molar refractivity (Wildman–Crippen MR) is 104 cm³/mol. The highest BCUT2D eigenvalue weighted by atomic mass is 16.2. The second-order valence-electron chi connectivity index (χ2n) is 8.00. The zero-order chi connectivity index (χ0) is 19.7. The maximum absolute atomic E-state index is 13.0. The Morgan fingerprint density at radius 1 is 1.21 bits per heavy atom. The van der Waals surface area contributed by atoms with E-state index in [1.54, 1.807) is 11.1 Å². The van der Waals surface area contributed by atoms with Gasteiger partial charge in [-0.25, -0.2) is 9.78 Å². The number of aromatic nitrogens is 1. The van der Waals surface area contributed by atoms with Gasteiger partial charge in [0.2, 0.25) is 5.91 Å². The maximum atomic E-state index is 13.0. The second kappa shape index (κ2) is 7.41. The van der Waals surface area contributed by atoms with Gasteiger partial charge in [-0.2, -0.15) is 0 Å². The van der Waals surface area contributed by atoms with Crippen LogP contribution in [-0.2, 0) is 9.59 Å². The highest BCUT2D eigenvalue weighted by Crippen LogP contribution is 2.38. The first-order valence-electron chi connectivity index (χ1n) is 10.1. The molecule has 1 N–H and O–H groups in total. The lowest BCUT2D eigenvalue weighted by Gasteiger charge is -2.37. The van der Waals surface area contributed by atoms with E-state index in [1.165, 1.54) is 0 Å². The highest BCUT2D eigenvalue weighted by molar-refractivity contribution is 6.09. The molecule has 150 valence electrons. The van der Waals surface area contributed by atoms with Gasteiger partial charge in [0.1, 0.15) is 17.9 Å². The summed E-state index contributed by atoms with van der Waals surface area (Å²) in [6.45, 7) is 4.32. The molecule has 1 aromatic heterocycles. The Morgan fingerprint density at radius 3 is 2.68 bits per heavy atom. The van der Waals surface area contributed by atoms with Crippen molar-refractivity contribution in [1.29, 1.82) is 0 Å². The molecule has 1 spiro atoms. The van der Waals surface area contributed by atoms with Crippen LogP contribution in [0.2, 0.25) is 0 Å². The van der Waals surface area contributed by atoms with Crippen LogP contribution in [0.25, 0.3) is 0 Å². The number of hydrogen-bond donors (Lipinski definition) is 1. The standard InChI is InChI=1S/C20H27N5O3/c1-15-6-2-4-8-20(15)18(27)25(19(28)22-20)14-17(26)24-12-10-23(11-13-24)16-7-3-5-9-21-16/h3,5,7,9,15H,2,4,6,8,10-14H2,1H3,(H,22,28)/t15-,20+/m0/s1. The Morgan fingerprint density at radius 2 is 2.00 bits per heavy atom. The molecule has 8 nitrogen and oxygen atoms in total. The lowest BCUT2D eigenvalue weighted by Crippen LogP contribution is -2.55. The normalized spacial score (nSPS) is 28.0. The smallest absolute Gasteiger partial charge is 0.325 e. The van der Waals surface area contributed by atoms with Gasteiger partial charge in [0.25, 0.3) is 5.91 Å². The van der Waals surface area contributed by atoms with Crippen LogP contribution in [0.15, 0.2) is 24.4 Å². The SMILES string of the molecule is C[C@H]1CCCC[C@@]12NC(=O)N(CC(=O)N1CCN(c3ccccn3)CC1)C2=O. The van der Waals surface area contributed by atoms with Gasteiger partial charge >= 0.3 is 6.03 Å². The molecule has 8 heteroatoms. The zero-order valence-corrected chi connectivity index (χ0v) is 16.3. The second-order valence-corrected chi connectivity index (χ2v) is 8.00. The van der Waals surface area contributed by atoms with E-state index in [9.17, 15) is 14.4 Å². The fourth-order valence-corrected chi connectivity index (χ4v) is 4.60. The molecule has 2 saturated heterocycles. The molecule has 3 aliphatic rings. The molecule has 3 fully saturated rings. The molecule has 1 aromatic rings. The molecule has 1 aliphatic carbocycles. The number of carbonyl (C=O) groups is 3. The zero-order valence-electron chi connectivity index (χ0n) is 16.3. The minimum absolute atomic E-state index is 0.0970. The van der Waals surface area contributed by atoms with Gasteiger partial charge in [-0.3, -0.25) is 14.5 Å². The summed E-state index contributed by atoms with van der Waals surface area (Å²) in [5.74, 6) is 0.589.